The summed E-state index contributed by atoms with van der Waals surface area (Å²) in [6, 6.07) is -0.528. The molecule has 1 rings (SSSR count). The van der Waals surface area contributed by atoms with Crippen molar-refractivity contribution in [3.05, 3.63) is 0 Å². The van der Waals surface area contributed by atoms with Gasteiger partial charge in [0.1, 0.15) is 13.1 Å². The van der Waals surface area contributed by atoms with Gasteiger partial charge in [0, 0.05) is 12.1 Å². The first kappa shape index (κ1) is 17.7. The Balaban J connectivity index is 0.00000324. The summed E-state index contributed by atoms with van der Waals surface area (Å²) >= 11 is 0. The van der Waals surface area contributed by atoms with Crippen molar-refractivity contribution >= 4 is 30.3 Å². The Bertz CT molecular complexity index is 358. The number of nitrogens with zero attached hydrogens (tertiary/aromatic N) is 1. The van der Waals surface area contributed by atoms with Crippen molar-refractivity contribution in [2.75, 3.05) is 19.6 Å². The van der Waals surface area contributed by atoms with E-state index in [1.54, 1.807) is 0 Å². The quantitative estimate of drug-likeness (QED) is 0.579. The van der Waals surface area contributed by atoms with Crippen molar-refractivity contribution in [1.29, 1.82) is 0 Å². The molecule has 7 nitrogen and oxygen atoms in total. The molecule has 0 spiro atoms. The number of halogens is 1. The van der Waals surface area contributed by atoms with E-state index in [2.05, 4.69) is 10.6 Å². The lowest BCUT2D eigenvalue weighted by Gasteiger charge is -2.27. The topological polar surface area (TPSA) is 105 Å². The van der Waals surface area contributed by atoms with E-state index in [0.29, 0.717) is 6.54 Å². The lowest BCUT2D eigenvalue weighted by molar-refractivity contribution is -0.122. The fraction of sp³-hybridized carbons (Fsp3) is 0.727. The Kier molecular flexibility index (Phi) is 6.78. The molecule has 0 aromatic rings. The molecule has 4 amide bonds. The SMILES string of the molecule is CCC(N)(CC)CNC(=O)CN1CC(=O)NC1=O.Cl. The Morgan fingerprint density at radius 3 is 2.42 bits per heavy atom. The number of hydrogen-bond acceptors (Lipinski definition) is 4. The van der Waals surface area contributed by atoms with Gasteiger partial charge in [0.2, 0.25) is 11.8 Å². The second-order valence-corrected chi connectivity index (χ2v) is 4.56. The first-order valence-electron chi connectivity index (χ1n) is 6.04. The van der Waals surface area contributed by atoms with Crippen molar-refractivity contribution in [2.45, 2.75) is 32.2 Å². The fourth-order valence-corrected chi connectivity index (χ4v) is 1.61. The van der Waals surface area contributed by atoms with E-state index in [9.17, 15) is 14.4 Å². The predicted molar refractivity (Wildman–Crippen MR) is 72.9 cm³/mol. The fourth-order valence-electron chi connectivity index (χ4n) is 1.61. The van der Waals surface area contributed by atoms with Crippen molar-refractivity contribution in [2.24, 2.45) is 5.73 Å². The first-order chi connectivity index (χ1) is 8.40. The third-order valence-electron chi connectivity index (χ3n) is 3.25. The Morgan fingerprint density at radius 1 is 1.42 bits per heavy atom. The zero-order valence-electron chi connectivity index (χ0n) is 11.2. The van der Waals surface area contributed by atoms with Crippen molar-refractivity contribution < 1.29 is 14.4 Å². The number of hydrogen-bond donors (Lipinski definition) is 3. The molecule has 8 heteroatoms. The molecule has 0 bridgehead atoms. The van der Waals surface area contributed by atoms with E-state index in [0.717, 1.165) is 17.7 Å². The maximum Gasteiger partial charge on any atom is 0.325 e. The monoisotopic (exact) mass is 292 g/mol. The summed E-state index contributed by atoms with van der Waals surface area (Å²) in [5.41, 5.74) is 5.62. The Labute approximate surface area is 118 Å². The summed E-state index contributed by atoms with van der Waals surface area (Å²) in [7, 11) is 0. The minimum absolute atomic E-state index is 0. The highest BCUT2D eigenvalue weighted by molar-refractivity contribution is 6.03. The Hall–Kier alpha value is -1.34. The van der Waals surface area contributed by atoms with Crippen LogP contribution in [0, 0.1) is 0 Å². The van der Waals surface area contributed by atoms with Gasteiger partial charge in [-0.05, 0) is 12.8 Å². The Morgan fingerprint density at radius 2 is 2.00 bits per heavy atom. The second-order valence-electron chi connectivity index (χ2n) is 4.56. The molecule has 1 saturated heterocycles. The van der Waals surface area contributed by atoms with Crippen LogP contribution in [0.2, 0.25) is 0 Å². The van der Waals surface area contributed by atoms with Gasteiger partial charge in [-0.25, -0.2) is 4.79 Å². The van der Waals surface area contributed by atoms with E-state index in [-0.39, 0.29) is 37.3 Å². The normalized spacial score (nSPS) is 15.0. The van der Waals surface area contributed by atoms with Gasteiger partial charge in [-0.2, -0.15) is 0 Å². The highest BCUT2D eigenvalue weighted by atomic mass is 35.5. The number of rotatable bonds is 6. The van der Waals surface area contributed by atoms with Crippen LogP contribution in [0.3, 0.4) is 0 Å². The van der Waals surface area contributed by atoms with Gasteiger partial charge < -0.3 is 16.0 Å². The molecule has 110 valence electrons. The first-order valence-corrected chi connectivity index (χ1v) is 6.04. The van der Waals surface area contributed by atoms with Crippen LogP contribution in [-0.2, 0) is 9.59 Å². The average Bonchev–Trinajstić information content (AvgIpc) is 2.65. The molecule has 1 aliphatic rings. The number of urea groups is 1. The summed E-state index contributed by atoms with van der Waals surface area (Å²) in [5, 5.41) is 4.80. The number of amides is 4. The number of imide groups is 1. The van der Waals surface area contributed by atoms with Crippen LogP contribution in [0.5, 0.6) is 0 Å². The van der Waals surface area contributed by atoms with E-state index in [1.807, 2.05) is 13.8 Å². The van der Waals surface area contributed by atoms with Crippen LogP contribution in [0.4, 0.5) is 4.79 Å². The molecule has 0 aliphatic carbocycles. The predicted octanol–water partition coefficient (Wildman–Crippen LogP) is -0.406. The van der Waals surface area contributed by atoms with E-state index < -0.39 is 11.6 Å². The van der Waals surface area contributed by atoms with E-state index in [4.69, 9.17) is 5.73 Å². The largest absolute Gasteiger partial charge is 0.353 e. The smallest absolute Gasteiger partial charge is 0.325 e. The zero-order valence-corrected chi connectivity index (χ0v) is 12.0. The number of nitrogens with two attached hydrogens (primary N) is 1. The summed E-state index contributed by atoms with van der Waals surface area (Å²) < 4.78 is 0. The van der Waals surface area contributed by atoms with Crippen LogP contribution in [-0.4, -0.2) is 47.9 Å². The lowest BCUT2D eigenvalue weighted by atomic mass is 9.94. The highest BCUT2D eigenvalue weighted by Crippen LogP contribution is 2.09. The maximum atomic E-state index is 11.6. The van der Waals surface area contributed by atoms with Crippen LogP contribution >= 0.6 is 12.4 Å². The summed E-state index contributed by atoms with van der Waals surface area (Å²) in [5.74, 6) is -0.695. The van der Waals surface area contributed by atoms with E-state index in [1.165, 1.54) is 0 Å². The van der Waals surface area contributed by atoms with Crippen LogP contribution in [0.1, 0.15) is 26.7 Å². The number of carbonyl (C=O) groups is 3. The lowest BCUT2D eigenvalue weighted by Crippen LogP contribution is -2.51. The van der Waals surface area contributed by atoms with Crippen molar-refractivity contribution in [3.8, 4) is 0 Å². The molecule has 0 aromatic carbocycles. The van der Waals surface area contributed by atoms with Gasteiger partial charge in [-0.3, -0.25) is 14.9 Å². The maximum absolute atomic E-state index is 11.6. The zero-order chi connectivity index (χ0) is 13.8. The molecule has 1 aliphatic heterocycles. The highest BCUT2D eigenvalue weighted by Gasteiger charge is 2.28. The van der Waals surface area contributed by atoms with Gasteiger partial charge in [-0.15, -0.1) is 12.4 Å². The van der Waals surface area contributed by atoms with Crippen molar-refractivity contribution in [1.82, 2.24) is 15.5 Å². The molecule has 0 saturated carbocycles. The van der Waals surface area contributed by atoms with Crippen LogP contribution in [0.25, 0.3) is 0 Å². The molecule has 0 unspecified atom stereocenters. The second kappa shape index (κ2) is 7.30. The van der Waals surface area contributed by atoms with Crippen LogP contribution < -0.4 is 16.4 Å². The van der Waals surface area contributed by atoms with Gasteiger partial charge in [0.05, 0.1) is 0 Å². The summed E-state index contributed by atoms with van der Waals surface area (Å²) in [4.78, 5) is 34.9. The molecule has 1 fully saturated rings. The molecule has 1 heterocycles. The average molecular weight is 293 g/mol. The third-order valence-corrected chi connectivity index (χ3v) is 3.25. The van der Waals surface area contributed by atoms with Crippen LogP contribution in [0.15, 0.2) is 0 Å². The van der Waals surface area contributed by atoms with Gasteiger partial charge in [0.15, 0.2) is 0 Å². The van der Waals surface area contributed by atoms with Gasteiger partial charge >= 0.3 is 6.03 Å². The summed E-state index contributed by atoms with van der Waals surface area (Å²) in [6.45, 7) is 4.09. The number of nitrogens with one attached hydrogen (secondary N) is 2. The molecule has 0 radical (unpaired) electrons. The molecular formula is C11H21ClN4O3. The minimum Gasteiger partial charge on any atom is -0.353 e. The van der Waals surface area contributed by atoms with Crippen molar-refractivity contribution in [3.63, 3.8) is 0 Å². The van der Waals surface area contributed by atoms with E-state index >= 15 is 0 Å². The molecule has 0 atom stereocenters. The molecule has 19 heavy (non-hydrogen) atoms. The third kappa shape index (κ3) is 5.04. The minimum atomic E-state index is -0.528. The standard InChI is InChI=1S/C11H20N4O3.ClH/c1-3-11(12,4-2)7-13-8(16)5-15-6-9(17)14-10(15)18;/h3-7,12H2,1-2H3,(H,13,16)(H,14,17,18);1H. The molecule has 4 N–H and O–H groups in total. The number of carbonyl (C=O) groups excluding carboxylic acids is 3. The molecule has 0 aromatic heterocycles. The van der Waals surface area contributed by atoms with Gasteiger partial charge in [0.25, 0.3) is 0 Å². The van der Waals surface area contributed by atoms with Gasteiger partial charge in [-0.1, -0.05) is 13.8 Å². The summed E-state index contributed by atoms with van der Waals surface area (Å²) in [6.07, 6.45) is 1.51. The molecular weight excluding hydrogens is 272 g/mol.